The van der Waals surface area contributed by atoms with Crippen LogP contribution in [0.1, 0.15) is 10.6 Å². The fraction of sp³-hybridized carbons (Fsp3) is 0.182. The van der Waals surface area contributed by atoms with Crippen LogP contribution in [-0.2, 0) is 6.54 Å². The predicted molar refractivity (Wildman–Crippen MR) is 76.0 cm³/mol. The van der Waals surface area contributed by atoms with Crippen LogP contribution >= 0.6 is 43.2 Å². The van der Waals surface area contributed by atoms with Crippen LogP contribution in [-0.4, -0.2) is 4.98 Å². The Labute approximate surface area is 115 Å². The lowest BCUT2D eigenvalue weighted by Crippen LogP contribution is -1.99. The molecule has 1 heterocycles. The summed E-state index contributed by atoms with van der Waals surface area (Å²) >= 11 is 8.65. The molecule has 0 spiro atoms. The van der Waals surface area contributed by atoms with Gasteiger partial charge in [-0.2, -0.15) is 0 Å². The summed E-state index contributed by atoms with van der Waals surface area (Å²) in [5.74, 6) is 0. The molecular weight excluding hydrogens is 352 g/mol. The van der Waals surface area contributed by atoms with E-state index in [-0.39, 0.29) is 0 Å². The quantitative estimate of drug-likeness (QED) is 0.864. The van der Waals surface area contributed by atoms with Gasteiger partial charge in [0.2, 0.25) is 0 Å². The Morgan fingerprint density at radius 2 is 2.19 bits per heavy atom. The number of nitrogens with zero attached hydrogens (tertiary/aromatic N) is 1. The topological polar surface area (TPSA) is 24.9 Å². The lowest BCUT2D eigenvalue weighted by molar-refractivity contribution is 1.12. The standard InChI is InChI=1S/C11H10Br2N2S/c1-7-11(16-6-15-7)5-14-10-4-8(12)2-3-9(10)13/h2-4,6,14H,5H2,1H3. The SMILES string of the molecule is Cc1ncsc1CNc1cc(Br)ccc1Br. The molecule has 0 aliphatic rings. The number of nitrogens with one attached hydrogen (secondary N) is 1. The molecule has 0 bridgehead atoms. The van der Waals surface area contributed by atoms with E-state index in [9.17, 15) is 0 Å². The highest BCUT2D eigenvalue weighted by Crippen LogP contribution is 2.27. The minimum absolute atomic E-state index is 0.811. The van der Waals surface area contributed by atoms with E-state index in [0.29, 0.717) is 0 Å². The number of aryl methyl sites for hydroxylation is 1. The summed E-state index contributed by atoms with van der Waals surface area (Å²) in [6.07, 6.45) is 0. The highest BCUT2D eigenvalue weighted by atomic mass is 79.9. The molecule has 0 aliphatic carbocycles. The first-order chi connectivity index (χ1) is 7.66. The van der Waals surface area contributed by atoms with E-state index in [1.54, 1.807) is 11.3 Å². The molecule has 0 unspecified atom stereocenters. The Morgan fingerprint density at radius 3 is 2.88 bits per heavy atom. The van der Waals surface area contributed by atoms with Crippen LogP contribution < -0.4 is 5.32 Å². The normalized spacial score (nSPS) is 10.4. The van der Waals surface area contributed by atoms with Gasteiger partial charge in [-0.3, -0.25) is 0 Å². The summed E-state index contributed by atoms with van der Waals surface area (Å²) in [6.45, 7) is 2.84. The van der Waals surface area contributed by atoms with Gasteiger partial charge in [0, 0.05) is 19.5 Å². The lowest BCUT2D eigenvalue weighted by Gasteiger charge is -2.08. The summed E-state index contributed by atoms with van der Waals surface area (Å²) in [4.78, 5) is 5.50. The minimum Gasteiger partial charge on any atom is -0.379 e. The number of rotatable bonds is 3. The third kappa shape index (κ3) is 2.84. The van der Waals surface area contributed by atoms with Gasteiger partial charge in [-0.25, -0.2) is 4.98 Å². The van der Waals surface area contributed by atoms with Crippen molar-refractivity contribution in [3.05, 3.63) is 43.2 Å². The number of hydrogen-bond acceptors (Lipinski definition) is 3. The molecule has 2 nitrogen and oxygen atoms in total. The number of benzene rings is 1. The fourth-order valence-electron chi connectivity index (χ4n) is 1.30. The molecule has 1 aromatic heterocycles. The molecule has 0 saturated carbocycles. The Morgan fingerprint density at radius 1 is 1.38 bits per heavy atom. The van der Waals surface area contributed by atoms with E-state index >= 15 is 0 Å². The van der Waals surface area contributed by atoms with Gasteiger partial charge in [-0.05, 0) is 41.1 Å². The highest BCUT2D eigenvalue weighted by Gasteiger charge is 2.03. The molecule has 0 radical (unpaired) electrons. The van der Waals surface area contributed by atoms with Gasteiger partial charge in [0.25, 0.3) is 0 Å². The van der Waals surface area contributed by atoms with Crippen molar-refractivity contribution in [2.75, 3.05) is 5.32 Å². The molecule has 1 aromatic carbocycles. The van der Waals surface area contributed by atoms with Crippen molar-refractivity contribution in [3.8, 4) is 0 Å². The Hall–Kier alpha value is -0.390. The van der Waals surface area contributed by atoms with Gasteiger partial charge < -0.3 is 5.32 Å². The first-order valence-corrected chi connectivity index (χ1v) is 7.21. The van der Waals surface area contributed by atoms with E-state index in [4.69, 9.17) is 0 Å². The van der Waals surface area contributed by atoms with Gasteiger partial charge in [-0.15, -0.1) is 11.3 Å². The smallest absolute Gasteiger partial charge is 0.0798 e. The second kappa shape index (κ2) is 5.29. The zero-order chi connectivity index (χ0) is 11.5. The summed E-state index contributed by atoms with van der Waals surface area (Å²) in [7, 11) is 0. The van der Waals surface area contributed by atoms with E-state index in [2.05, 4.69) is 48.2 Å². The number of aromatic nitrogens is 1. The van der Waals surface area contributed by atoms with Gasteiger partial charge >= 0.3 is 0 Å². The predicted octanol–water partition coefficient (Wildman–Crippen LogP) is 4.59. The number of hydrogen-bond donors (Lipinski definition) is 1. The maximum atomic E-state index is 4.23. The van der Waals surface area contributed by atoms with Crippen LogP contribution in [0.2, 0.25) is 0 Å². The number of anilines is 1. The molecule has 84 valence electrons. The second-order valence-electron chi connectivity index (χ2n) is 3.34. The van der Waals surface area contributed by atoms with Crippen LogP contribution in [0, 0.1) is 6.92 Å². The van der Waals surface area contributed by atoms with Crippen LogP contribution in [0.3, 0.4) is 0 Å². The zero-order valence-corrected chi connectivity index (χ0v) is 12.6. The Kier molecular flexibility index (Phi) is 4.00. The van der Waals surface area contributed by atoms with Crippen molar-refractivity contribution in [1.29, 1.82) is 0 Å². The third-order valence-electron chi connectivity index (χ3n) is 2.21. The maximum absolute atomic E-state index is 4.23. The molecule has 0 amide bonds. The molecule has 0 fully saturated rings. The molecule has 2 aromatic rings. The Bertz CT molecular complexity index is 496. The average molecular weight is 362 g/mol. The molecule has 5 heteroatoms. The first-order valence-electron chi connectivity index (χ1n) is 4.74. The van der Waals surface area contributed by atoms with Crippen LogP contribution in [0.15, 0.2) is 32.7 Å². The summed E-state index contributed by atoms with van der Waals surface area (Å²) < 4.78 is 2.14. The molecule has 0 atom stereocenters. The van der Waals surface area contributed by atoms with Crippen molar-refractivity contribution in [2.45, 2.75) is 13.5 Å². The molecule has 0 saturated heterocycles. The van der Waals surface area contributed by atoms with Gasteiger partial charge in [0.1, 0.15) is 0 Å². The van der Waals surface area contributed by atoms with Crippen molar-refractivity contribution >= 4 is 48.9 Å². The van der Waals surface area contributed by atoms with E-state index in [0.717, 1.165) is 26.9 Å². The maximum Gasteiger partial charge on any atom is 0.0798 e. The van der Waals surface area contributed by atoms with Gasteiger partial charge in [-0.1, -0.05) is 15.9 Å². The molecular formula is C11H10Br2N2S. The first kappa shape index (κ1) is 12.1. The van der Waals surface area contributed by atoms with Crippen molar-refractivity contribution in [3.63, 3.8) is 0 Å². The van der Waals surface area contributed by atoms with E-state index in [1.807, 2.05) is 24.6 Å². The summed E-state index contributed by atoms with van der Waals surface area (Å²) in [6, 6.07) is 6.08. The van der Waals surface area contributed by atoms with Gasteiger partial charge in [0.15, 0.2) is 0 Å². The molecule has 2 rings (SSSR count). The Balaban J connectivity index is 2.10. The largest absolute Gasteiger partial charge is 0.379 e. The minimum atomic E-state index is 0.811. The monoisotopic (exact) mass is 360 g/mol. The summed E-state index contributed by atoms with van der Waals surface area (Å²) in [5.41, 5.74) is 4.06. The van der Waals surface area contributed by atoms with Crippen LogP contribution in [0.5, 0.6) is 0 Å². The number of halogens is 2. The third-order valence-corrected chi connectivity index (χ3v) is 4.33. The average Bonchev–Trinajstić information content (AvgIpc) is 2.66. The van der Waals surface area contributed by atoms with E-state index in [1.165, 1.54) is 4.88 Å². The van der Waals surface area contributed by atoms with Crippen molar-refractivity contribution in [1.82, 2.24) is 4.98 Å². The highest BCUT2D eigenvalue weighted by molar-refractivity contribution is 9.11. The molecule has 0 aliphatic heterocycles. The van der Waals surface area contributed by atoms with Gasteiger partial charge in [0.05, 0.1) is 17.7 Å². The van der Waals surface area contributed by atoms with Crippen molar-refractivity contribution < 1.29 is 0 Å². The number of thiazole rings is 1. The zero-order valence-electron chi connectivity index (χ0n) is 8.63. The van der Waals surface area contributed by atoms with Crippen LogP contribution in [0.25, 0.3) is 0 Å². The molecule has 16 heavy (non-hydrogen) atoms. The van der Waals surface area contributed by atoms with Crippen molar-refractivity contribution in [2.24, 2.45) is 0 Å². The second-order valence-corrected chi connectivity index (χ2v) is 6.05. The fourth-order valence-corrected chi connectivity index (χ4v) is 2.77. The van der Waals surface area contributed by atoms with E-state index < -0.39 is 0 Å². The van der Waals surface area contributed by atoms with Crippen LogP contribution in [0.4, 0.5) is 5.69 Å². The molecule has 1 N–H and O–H groups in total. The summed E-state index contributed by atoms with van der Waals surface area (Å²) in [5, 5.41) is 3.39. The lowest BCUT2D eigenvalue weighted by atomic mass is 10.3.